The molecule has 6 heteroatoms. The maximum Gasteiger partial charge on any atom is 0.186 e. The number of benzene rings is 1. The lowest BCUT2D eigenvalue weighted by Gasteiger charge is -2.07. The SMILES string of the molecule is CCCn1nncc1C(=O)Cc1c(Cl)cccc1Cl. The van der Waals surface area contributed by atoms with E-state index in [0.717, 1.165) is 6.42 Å². The van der Waals surface area contributed by atoms with Crippen molar-refractivity contribution in [2.75, 3.05) is 0 Å². The monoisotopic (exact) mass is 297 g/mol. The van der Waals surface area contributed by atoms with Crippen LogP contribution in [0.25, 0.3) is 0 Å². The van der Waals surface area contributed by atoms with Crippen molar-refractivity contribution in [3.05, 3.63) is 45.7 Å². The maximum absolute atomic E-state index is 12.3. The average molecular weight is 298 g/mol. The summed E-state index contributed by atoms with van der Waals surface area (Å²) in [4.78, 5) is 12.3. The second-order valence-corrected chi connectivity index (χ2v) is 4.96. The molecule has 0 aliphatic heterocycles. The fourth-order valence-electron chi connectivity index (χ4n) is 1.80. The third-order valence-corrected chi connectivity index (χ3v) is 3.45. The highest BCUT2D eigenvalue weighted by molar-refractivity contribution is 6.36. The summed E-state index contributed by atoms with van der Waals surface area (Å²) < 4.78 is 1.60. The number of carbonyl (C=O) groups is 1. The minimum absolute atomic E-state index is 0.0894. The number of hydrogen-bond acceptors (Lipinski definition) is 3. The van der Waals surface area contributed by atoms with Crippen LogP contribution in [-0.2, 0) is 13.0 Å². The molecule has 0 spiro atoms. The summed E-state index contributed by atoms with van der Waals surface area (Å²) in [6.07, 6.45) is 2.51. The van der Waals surface area contributed by atoms with Crippen LogP contribution in [0.3, 0.4) is 0 Å². The highest BCUT2D eigenvalue weighted by atomic mass is 35.5. The predicted molar refractivity (Wildman–Crippen MR) is 74.8 cm³/mol. The van der Waals surface area contributed by atoms with E-state index in [1.807, 2.05) is 6.92 Å². The van der Waals surface area contributed by atoms with Crippen LogP contribution in [0.5, 0.6) is 0 Å². The summed E-state index contributed by atoms with van der Waals surface area (Å²) in [7, 11) is 0. The van der Waals surface area contributed by atoms with Crippen molar-refractivity contribution in [3.63, 3.8) is 0 Å². The van der Waals surface area contributed by atoms with Crippen LogP contribution in [0.4, 0.5) is 0 Å². The fraction of sp³-hybridized carbons (Fsp3) is 0.308. The Morgan fingerprint density at radius 2 is 2.00 bits per heavy atom. The highest BCUT2D eigenvalue weighted by Crippen LogP contribution is 2.25. The number of ketones is 1. The molecule has 0 atom stereocenters. The second kappa shape index (κ2) is 6.17. The van der Waals surface area contributed by atoms with Gasteiger partial charge in [-0.2, -0.15) is 0 Å². The van der Waals surface area contributed by atoms with Crippen LogP contribution in [-0.4, -0.2) is 20.8 Å². The molecule has 1 heterocycles. The van der Waals surface area contributed by atoms with Gasteiger partial charge in [0, 0.05) is 23.0 Å². The van der Waals surface area contributed by atoms with Crippen LogP contribution in [0.15, 0.2) is 24.4 Å². The number of aromatic nitrogens is 3. The third-order valence-electron chi connectivity index (χ3n) is 2.74. The van der Waals surface area contributed by atoms with Gasteiger partial charge in [-0.15, -0.1) is 5.10 Å². The van der Waals surface area contributed by atoms with Gasteiger partial charge >= 0.3 is 0 Å². The zero-order valence-corrected chi connectivity index (χ0v) is 11.9. The molecule has 4 nitrogen and oxygen atoms in total. The van der Waals surface area contributed by atoms with Crippen LogP contribution in [0.2, 0.25) is 10.0 Å². The molecule has 0 fully saturated rings. The molecule has 0 amide bonds. The Bertz CT molecular complexity index is 575. The number of nitrogens with zero attached hydrogens (tertiary/aromatic N) is 3. The van der Waals surface area contributed by atoms with E-state index in [0.29, 0.717) is 27.8 Å². The van der Waals surface area contributed by atoms with Crippen LogP contribution < -0.4 is 0 Å². The number of hydrogen-bond donors (Lipinski definition) is 0. The van der Waals surface area contributed by atoms with Crippen LogP contribution in [0.1, 0.15) is 29.4 Å². The van der Waals surface area contributed by atoms with Crippen molar-refractivity contribution in [1.29, 1.82) is 0 Å². The minimum atomic E-state index is -0.0894. The Kier molecular flexibility index (Phi) is 4.56. The van der Waals surface area contributed by atoms with E-state index in [1.165, 1.54) is 6.20 Å². The molecule has 0 aliphatic carbocycles. The van der Waals surface area contributed by atoms with E-state index in [1.54, 1.807) is 22.9 Å². The van der Waals surface area contributed by atoms with Crippen molar-refractivity contribution in [1.82, 2.24) is 15.0 Å². The first-order chi connectivity index (χ1) is 9.13. The molecule has 2 aromatic rings. The standard InChI is InChI=1S/C13H13Cl2N3O/c1-2-6-18-12(8-16-17-18)13(19)7-9-10(14)4-3-5-11(9)15/h3-5,8H,2,6-7H2,1H3. The molecule has 0 N–H and O–H groups in total. The molecule has 1 aromatic carbocycles. The Labute approximate surface area is 121 Å². The third kappa shape index (κ3) is 3.14. The molecule has 0 saturated heterocycles. The molecule has 100 valence electrons. The maximum atomic E-state index is 12.3. The van der Waals surface area contributed by atoms with Gasteiger partial charge in [-0.25, -0.2) is 4.68 Å². The number of aryl methyl sites for hydroxylation is 1. The average Bonchev–Trinajstić information content (AvgIpc) is 2.83. The van der Waals surface area contributed by atoms with Crippen molar-refractivity contribution in [2.24, 2.45) is 0 Å². The summed E-state index contributed by atoms with van der Waals surface area (Å²) in [6, 6.07) is 5.19. The molecule has 0 radical (unpaired) electrons. The number of carbonyl (C=O) groups excluding carboxylic acids is 1. The van der Waals surface area contributed by atoms with Gasteiger partial charge in [0.1, 0.15) is 5.69 Å². The number of Topliss-reactive ketones (excluding diaryl/α,β-unsaturated/α-hetero) is 1. The number of halogens is 2. The summed E-state index contributed by atoms with van der Waals surface area (Å²) in [6.45, 7) is 2.68. The molecule has 0 saturated carbocycles. The van der Waals surface area contributed by atoms with Crippen molar-refractivity contribution in [3.8, 4) is 0 Å². The first-order valence-corrected chi connectivity index (χ1v) is 6.73. The van der Waals surface area contributed by atoms with E-state index in [2.05, 4.69) is 10.3 Å². The zero-order chi connectivity index (χ0) is 13.8. The Morgan fingerprint density at radius 1 is 1.32 bits per heavy atom. The van der Waals surface area contributed by atoms with Gasteiger partial charge in [-0.05, 0) is 24.1 Å². The molecular formula is C13H13Cl2N3O. The topological polar surface area (TPSA) is 47.8 Å². The number of rotatable bonds is 5. The summed E-state index contributed by atoms with van der Waals surface area (Å²) >= 11 is 12.1. The van der Waals surface area contributed by atoms with Crippen LogP contribution >= 0.6 is 23.2 Å². The normalized spacial score (nSPS) is 10.7. The minimum Gasteiger partial charge on any atom is -0.292 e. The predicted octanol–water partition coefficient (Wildman–Crippen LogP) is 3.42. The summed E-state index contributed by atoms with van der Waals surface area (Å²) in [5.41, 5.74) is 1.12. The molecule has 0 unspecified atom stereocenters. The van der Waals surface area contributed by atoms with Crippen molar-refractivity contribution in [2.45, 2.75) is 26.3 Å². The quantitative estimate of drug-likeness (QED) is 0.795. The lowest BCUT2D eigenvalue weighted by Crippen LogP contribution is -2.13. The summed E-state index contributed by atoms with van der Waals surface area (Å²) in [5.74, 6) is -0.0894. The van der Waals surface area contributed by atoms with Gasteiger partial charge in [0.2, 0.25) is 0 Å². The van der Waals surface area contributed by atoms with E-state index in [-0.39, 0.29) is 12.2 Å². The van der Waals surface area contributed by atoms with E-state index < -0.39 is 0 Å². The van der Waals surface area contributed by atoms with Gasteiger partial charge in [0.15, 0.2) is 5.78 Å². The largest absolute Gasteiger partial charge is 0.292 e. The van der Waals surface area contributed by atoms with Gasteiger partial charge < -0.3 is 0 Å². The van der Waals surface area contributed by atoms with Gasteiger partial charge in [0.25, 0.3) is 0 Å². The van der Waals surface area contributed by atoms with Gasteiger partial charge in [-0.1, -0.05) is 41.4 Å². The summed E-state index contributed by atoms with van der Waals surface area (Å²) in [5, 5.41) is 8.66. The Morgan fingerprint density at radius 3 is 2.63 bits per heavy atom. The smallest absolute Gasteiger partial charge is 0.186 e. The Hall–Kier alpha value is -1.39. The molecule has 2 rings (SSSR count). The molecule has 1 aromatic heterocycles. The molecule has 0 aliphatic rings. The first kappa shape index (κ1) is 14.0. The Balaban J connectivity index is 2.24. The molecule has 0 bridgehead atoms. The lowest BCUT2D eigenvalue weighted by molar-refractivity contribution is 0.0982. The first-order valence-electron chi connectivity index (χ1n) is 5.98. The molecular weight excluding hydrogens is 285 g/mol. The highest BCUT2D eigenvalue weighted by Gasteiger charge is 2.16. The van der Waals surface area contributed by atoms with E-state index in [9.17, 15) is 4.79 Å². The lowest BCUT2D eigenvalue weighted by atomic mass is 10.1. The van der Waals surface area contributed by atoms with Gasteiger partial charge in [-0.3, -0.25) is 4.79 Å². The van der Waals surface area contributed by atoms with Gasteiger partial charge in [0.05, 0.1) is 6.20 Å². The second-order valence-electron chi connectivity index (χ2n) is 4.14. The van der Waals surface area contributed by atoms with E-state index in [4.69, 9.17) is 23.2 Å². The van der Waals surface area contributed by atoms with Crippen molar-refractivity contribution < 1.29 is 4.79 Å². The zero-order valence-electron chi connectivity index (χ0n) is 10.4. The van der Waals surface area contributed by atoms with E-state index >= 15 is 0 Å². The fourth-order valence-corrected chi connectivity index (χ4v) is 2.33. The van der Waals surface area contributed by atoms with Crippen LogP contribution in [0, 0.1) is 0 Å². The molecule has 19 heavy (non-hydrogen) atoms. The van der Waals surface area contributed by atoms with Crippen molar-refractivity contribution >= 4 is 29.0 Å².